The Balaban J connectivity index is 1.83. The third kappa shape index (κ3) is 0.568. The minimum Gasteiger partial charge on any atom is -0.0499 e. The lowest BCUT2D eigenvalue weighted by atomic mass is 9.82. The molecule has 7 heavy (non-hydrogen) atoms. The lowest BCUT2D eigenvalue weighted by Gasteiger charge is -2.23. The Kier molecular flexibility index (Phi) is 0.697. The van der Waals surface area contributed by atoms with Gasteiger partial charge >= 0.3 is 0 Å². The third-order valence-electron chi connectivity index (χ3n) is 2.20. The fourth-order valence-electron chi connectivity index (χ4n) is 1.31. The molecule has 0 aliphatic heterocycles. The summed E-state index contributed by atoms with van der Waals surface area (Å²) in [6.07, 6.45) is 8.45. The van der Waals surface area contributed by atoms with Crippen molar-refractivity contribution in [1.82, 2.24) is 0 Å². The zero-order valence-corrected chi connectivity index (χ0v) is 4.56. The minimum atomic E-state index is 1.07. The summed E-state index contributed by atoms with van der Waals surface area (Å²) in [5.74, 6) is 2.22. The molecule has 0 saturated heterocycles. The van der Waals surface area contributed by atoms with Gasteiger partial charge in [-0.15, -0.1) is 0 Å². The summed E-state index contributed by atoms with van der Waals surface area (Å²) in [5, 5.41) is 0. The first-order chi connectivity index (χ1) is 3.47. The molecule has 0 N–H and O–H groups in total. The number of hydrogen-bond donors (Lipinski definition) is 0. The van der Waals surface area contributed by atoms with E-state index in [9.17, 15) is 0 Å². The molecule has 1 unspecified atom stereocenters. The summed E-state index contributed by atoms with van der Waals surface area (Å²) in [4.78, 5) is 0. The highest BCUT2D eigenvalue weighted by molar-refractivity contribution is 4.96. The van der Waals surface area contributed by atoms with Crippen LogP contribution in [0.25, 0.3) is 0 Å². The Labute approximate surface area is 44.9 Å². The van der Waals surface area contributed by atoms with Gasteiger partial charge in [0.1, 0.15) is 0 Å². The van der Waals surface area contributed by atoms with Crippen LogP contribution in [0.4, 0.5) is 0 Å². The third-order valence-corrected chi connectivity index (χ3v) is 2.20. The monoisotopic (exact) mass is 95.1 g/mol. The van der Waals surface area contributed by atoms with Gasteiger partial charge in [0.15, 0.2) is 0 Å². The van der Waals surface area contributed by atoms with Crippen LogP contribution in [-0.2, 0) is 0 Å². The van der Waals surface area contributed by atoms with Gasteiger partial charge in [0, 0.05) is 0 Å². The van der Waals surface area contributed by atoms with Crippen LogP contribution in [0.2, 0.25) is 0 Å². The minimum absolute atomic E-state index is 1.07. The van der Waals surface area contributed by atoms with Crippen molar-refractivity contribution in [3.05, 3.63) is 6.42 Å². The van der Waals surface area contributed by atoms with E-state index in [-0.39, 0.29) is 0 Å². The molecule has 2 aliphatic carbocycles. The molecule has 0 aromatic rings. The van der Waals surface area contributed by atoms with Gasteiger partial charge in [-0.3, -0.25) is 0 Å². The van der Waals surface area contributed by atoms with Crippen LogP contribution >= 0.6 is 0 Å². The number of rotatable bonds is 1. The van der Waals surface area contributed by atoms with E-state index in [0.717, 1.165) is 11.8 Å². The van der Waals surface area contributed by atoms with E-state index in [1.54, 1.807) is 0 Å². The average Bonchev–Trinajstić information content (AvgIpc) is 2.10. The summed E-state index contributed by atoms with van der Waals surface area (Å²) in [6.45, 7) is 0. The maximum atomic E-state index is 2.48. The Morgan fingerprint density at radius 3 is 2.00 bits per heavy atom. The van der Waals surface area contributed by atoms with Crippen LogP contribution in [-0.4, -0.2) is 0 Å². The fraction of sp³-hybridized carbons (Fsp3) is 0.857. The van der Waals surface area contributed by atoms with Crippen molar-refractivity contribution in [1.29, 1.82) is 0 Å². The highest BCUT2D eigenvalue weighted by Crippen LogP contribution is 2.45. The Morgan fingerprint density at radius 2 is 1.86 bits per heavy atom. The molecule has 2 saturated carbocycles. The predicted octanol–water partition coefficient (Wildman–Crippen LogP) is 2.01. The molecule has 0 bridgehead atoms. The first-order valence-electron chi connectivity index (χ1n) is 3.30. The predicted molar refractivity (Wildman–Crippen MR) is 29.7 cm³/mol. The van der Waals surface area contributed by atoms with Crippen LogP contribution in [0.5, 0.6) is 0 Å². The Hall–Kier alpha value is 0. The van der Waals surface area contributed by atoms with Gasteiger partial charge in [0.25, 0.3) is 0 Å². The van der Waals surface area contributed by atoms with Gasteiger partial charge in [0.2, 0.25) is 0 Å². The van der Waals surface area contributed by atoms with Crippen LogP contribution < -0.4 is 0 Å². The summed E-state index contributed by atoms with van der Waals surface area (Å²) in [7, 11) is 0. The molecule has 0 heterocycles. The lowest BCUT2D eigenvalue weighted by Crippen LogP contribution is -2.13. The smallest absolute Gasteiger partial charge is 0.0352 e. The zero-order chi connectivity index (χ0) is 4.69. The SMILES string of the molecule is [CH]1CCC1C1CC1. The summed E-state index contributed by atoms with van der Waals surface area (Å²) in [5.41, 5.74) is 0. The van der Waals surface area contributed by atoms with Gasteiger partial charge in [-0.25, -0.2) is 0 Å². The van der Waals surface area contributed by atoms with E-state index < -0.39 is 0 Å². The van der Waals surface area contributed by atoms with E-state index >= 15 is 0 Å². The van der Waals surface area contributed by atoms with Gasteiger partial charge in [-0.1, -0.05) is 0 Å². The second kappa shape index (κ2) is 1.24. The van der Waals surface area contributed by atoms with Gasteiger partial charge in [0.05, 0.1) is 0 Å². The topological polar surface area (TPSA) is 0 Å². The second-order valence-corrected chi connectivity index (χ2v) is 2.81. The molecule has 2 fully saturated rings. The van der Waals surface area contributed by atoms with E-state index in [0.29, 0.717) is 0 Å². The second-order valence-electron chi connectivity index (χ2n) is 2.81. The van der Waals surface area contributed by atoms with E-state index in [2.05, 4.69) is 6.42 Å². The molecule has 2 rings (SSSR count). The molecule has 0 nitrogen and oxygen atoms in total. The van der Waals surface area contributed by atoms with Crippen LogP contribution in [0.3, 0.4) is 0 Å². The van der Waals surface area contributed by atoms with Crippen molar-refractivity contribution in [2.24, 2.45) is 11.8 Å². The molecule has 2 aliphatic rings. The fourth-order valence-corrected chi connectivity index (χ4v) is 1.31. The van der Waals surface area contributed by atoms with Crippen molar-refractivity contribution >= 4 is 0 Å². The maximum absolute atomic E-state index is 2.48. The van der Waals surface area contributed by atoms with E-state index in [4.69, 9.17) is 0 Å². The van der Waals surface area contributed by atoms with Crippen molar-refractivity contribution in [2.75, 3.05) is 0 Å². The molecule has 0 aromatic heterocycles. The van der Waals surface area contributed by atoms with E-state index in [1.807, 2.05) is 0 Å². The molecule has 1 atom stereocenters. The number of hydrogen-bond acceptors (Lipinski definition) is 0. The maximum Gasteiger partial charge on any atom is -0.0352 e. The molecule has 0 amide bonds. The lowest BCUT2D eigenvalue weighted by molar-refractivity contribution is 0.384. The van der Waals surface area contributed by atoms with Crippen molar-refractivity contribution < 1.29 is 0 Å². The Morgan fingerprint density at radius 1 is 1.14 bits per heavy atom. The molecular formula is C7H11. The quantitative estimate of drug-likeness (QED) is 0.467. The van der Waals surface area contributed by atoms with Gasteiger partial charge in [-0.2, -0.15) is 0 Å². The summed E-state index contributed by atoms with van der Waals surface area (Å²) in [6, 6.07) is 0. The van der Waals surface area contributed by atoms with Crippen molar-refractivity contribution in [3.63, 3.8) is 0 Å². The van der Waals surface area contributed by atoms with Crippen molar-refractivity contribution in [3.8, 4) is 0 Å². The largest absolute Gasteiger partial charge is 0.0499 e. The van der Waals surface area contributed by atoms with Gasteiger partial charge in [-0.05, 0) is 43.9 Å². The van der Waals surface area contributed by atoms with Gasteiger partial charge < -0.3 is 0 Å². The van der Waals surface area contributed by atoms with Crippen LogP contribution in [0, 0.1) is 18.3 Å². The molecule has 0 aromatic carbocycles. The molecule has 1 radical (unpaired) electrons. The molecule has 0 heteroatoms. The molecule has 0 spiro atoms. The first-order valence-corrected chi connectivity index (χ1v) is 3.30. The van der Waals surface area contributed by atoms with E-state index in [1.165, 1.54) is 25.7 Å². The molecular weight excluding hydrogens is 84.1 g/mol. The zero-order valence-electron chi connectivity index (χ0n) is 4.56. The first kappa shape index (κ1) is 3.94. The molecule has 39 valence electrons. The summed E-state index contributed by atoms with van der Waals surface area (Å²) < 4.78 is 0. The highest BCUT2D eigenvalue weighted by atomic mass is 14.4. The van der Waals surface area contributed by atoms with Crippen LogP contribution in [0.1, 0.15) is 25.7 Å². The van der Waals surface area contributed by atoms with Crippen molar-refractivity contribution in [2.45, 2.75) is 25.7 Å². The Bertz CT molecular complexity index is 68.1. The van der Waals surface area contributed by atoms with Crippen LogP contribution in [0.15, 0.2) is 0 Å². The summed E-state index contributed by atoms with van der Waals surface area (Å²) >= 11 is 0. The highest BCUT2D eigenvalue weighted by Gasteiger charge is 2.34. The average molecular weight is 95.2 g/mol. The standard InChI is InChI=1S/C7H11/c1-2-6(3-1)7-4-5-7/h2,6-7H,1,3-5H2. The normalized spacial score (nSPS) is 32.6.